The van der Waals surface area contributed by atoms with E-state index < -0.39 is 0 Å². The van der Waals surface area contributed by atoms with Crippen molar-refractivity contribution in [3.63, 3.8) is 0 Å². The summed E-state index contributed by atoms with van der Waals surface area (Å²) in [7, 11) is 0. The second kappa shape index (κ2) is 4.21. The van der Waals surface area contributed by atoms with Crippen molar-refractivity contribution in [1.82, 2.24) is 9.97 Å². The SMILES string of the molecule is N#Cc1ccc2nc(CC3CCCC3)[nH]c2c1. The molecule has 3 heteroatoms. The van der Waals surface area contributed by atoms with Crippen LogP contribution in [0.1, 0.15) is 37.1 Å². The van der Waals surface area contributed by atoms with Gasteiger partial charge in [0.25, 0.3) is 0 Å². The Bertz CT molecular complexity index is 571. The highest BCUT2D eigenvalue weighted by Crippen LogP contribution is 2.27. The Morgan fingerprint density at radius 2 is 2.18 bits per heavy atom. The van der Waals surface area contributed by atoms with Crippen molar-refractivity contribution in [1.29, 1.82) is 5.26 Å². The number of aromatic nitrogens is 2. The fourth-order valence-electron chi connectivity index (χ4n) is 2.72. The van der Waals surface area contributed by atoms with Gasteiger partial charge in [0.1, 0.15) is 5.82 Å². The van der Waals surface area contributed by atoms with Gasteiger partial charge in [-0.3, -0.25) is 0 Å². The topological polar surface area (TPSA) is 52.5 Å². The molecule has 1 N–H and O–H groups in total. The molecule has 1 saturated carbocycles. The van der Waals surface area contributed by atoms with Crippen molar-refractivity contribution in [2.75, 3.05) is 0 Å². The number of H-pyrrole nitrogens is 1. The fraction of sp³-hybridized carbons (Fsp3) is 0.429. The van der Waals surface area contributed by atoms with Crippen molar-refractivity contribution in [3.8, 4) is 6.07 Å². The summed E-state index contributed by atoms with van der Waals surface area (Å²) >= 11 is 0. The second-order valence-electron chi connectivity index (χ2n) is 4.88. The third-order valence-corrected chi connectivity index (χ3v) is 3.62. The first kappa shape index (κ1) is 10.3. The highest BCUT2D eigenvalue weighted by Gasteiger charge is 2.17. The van der Waals surface area contributed by atoms with Crippen LogP contribution in [0.2, 0.25) is 0 Å². The van der Waals surface area contributed by atoms with E-state index in [2.05, 4.69) is 16.0 Å². The number of nitrogens with one attached hydrogen (secondary N) is 1. The minimum absolute atomic E-state index is 0.688. The van der Waals surface area contributed by atoms with E-state index in [1.54, 1.807) is 0 Å². The lowest BCUT2D eigenvalue weighted by molar-refractivity contribution is 0.534. The summed E-state index contributed by atoms with van der Waals surface area (Å²) in [4.78, 5) is 7.92. The Kier molecular flexibility index (Phi) is 2.56. The summed E-state index contributed by atoms with van der Waals surface area (Å²) in [5.41, 5.74) is 2.64. The van der Waals surface area contributed by atoms with E-state index in [0.29, 0.717) is 5.56 Å². The molecule has 1 aromatic heterocycles. The van der Waals surface area contributed by atoms with Gasteiger partial charge >= 0.3 is 0 Å². The molecule has 0 aliphatic heterocycles. The van der Waals surface area contributed by atoms with E-state index in [0.717, 1.165) is 29.2 Å². The molecule has 1 aromatic carbocycles. The summed E-state index contributed by atoms with van der Waals surface area (Å²) in [6, 6.07) is 7.77. The number of nitrogens with zero attached hydrogens (tertiary/aromatic N) is 2. The summed E-state index contributed by atoms with van der Waals surface area (Å²) < 4.78 is 0. The average Bonchev–Trinajstić information content (AvgIpc) is 2.96. The van der Waals surface area contributed by atoms with Crippen LogP contribution >= 0.6 is 0 Å². The van der Waals surface area contributed by atoms with Gasteiger partial charge in [-0.1, -0.05) is 25.7 Å². The highest BCUT2D eigenvalue weighted by molar-refractivity contribution is 5.76. The van der Waals surface area contributed by atoms with Gasteiger partial charge in [-0.05, 0) is 24.1 Å². The molecule has 86 valence electrons. The lowest BCUT2D eigenvalue weighted by atomic mass is 10.0. The number of nitriles is 1. The zero-order chi connectivity index (χ0) is 11.7. The largest absolute Gasteiger partial charge is 0.342 e. The molecular weight excluding hydrogens is 210 g/mol. The van der Waals surface area contributed by atoms with E-state index in [9.17, 15) is 0 Å². The molecular formula is C14H15N3. The third-order valence-electron chi connectivity index (χ3n) is 3.62. The van der Waals surface area contributed by atoms with Gasteiger partial charge in [-0.2, -0.15) is 5.26 Å². The maximum absolute atomic E-state index is 8.85. The minimum atomic E-state index is 0.688. The van der Waals surface area contributed by atoms with Gasteiger partial charge in [-0.25, -0.2) is 4.98 Å². The Balaban J connectivity index is 1.88. The minimum Gasteiger partial charge on any atom is -0.342 e. The van der Waals surface area contributed by atoms with Crippen LogP contribution in [0, 0.1) is 17.2 Å². The molecule has 3 nitrogen and oxygen atoms in total. The molecule has 0 amide bonds. The Morgan fingerprint density at radius 3 is 2.94 bits per heavy atom. The molecule has 0 atom stereocenters. The summed E-state index contributed by atoms with van der Waals surface area (Å²) in [6.45, 7) is 0. The maximum atomic E-state index is 8.85. The van der Waals surface area contributed by atoms with Crippen molar-refractivity contribution in [3.05, 3.63) is 29.6 Å². The van der Waals surface area contributed by atoms with Crippen LogP contribution in [-0.2, 0) is 6.42 Å². The van der Waals surface area contributed by atoms with Gasteiger partial charge in [0.2, 0.25) is 0 Å². The van der Waals surface area contributed by atoms with E-state index in [1.807, 2.05) is 18.2 Å². The molecule has 3 rings (SSSR count). The van der Waals surface area contributed by atoms with Gasteiger partial charge < -0.3 is 4.98 Å². The van der Waals surface area contributed by atoms with Crippen LogP contribution in [-0.4, -0.2) is 9.97 Å². The molecule has 0 bridgehead atoms. The van der Waals surface area contributed by atoms with Crippen molar-refractivity contribution >= 4 is 11.0 Å². The van der Waals surface area contributed by atoms with E-state index >= 15 is 0 Å². The number of imidazole rings is 1. The van der Waals surface area contributed by atoms with Crippen LogP contribution in [0.3, 0.4) is 0 Å². The molecule has 1 aliphatic carbocycles. The molecule has 2 aromatic rings. The van der Waals surface area contributed by atoms with Crippen LogP contribution in [0.25, 0.3) is 11.0 Å². The molecule has 17 heavy (non-hydrogen) atoms. The van der Waals surface area contributed by atoms with Crippen LogP contribution < -0.4 is 0 Å². The summed E-state index contributed by atoms with van der Waals surface area (Å²) in [5.74, 6) is 1.87. The normalized spacial score (nSPS) is 16.4. The standard InChI is InChI=1S/C14H15N3/c15-9-11-5-6-12-13(7-11)17-14(16-12)8-10-3-1-2-4-10/h5-7,10H,1-4,8H2,(H,16,17). The van der Waals surface area contributed by atoms with E-state index in [4.69, 9.17) is 5.26 Å². The van der Waals surface area contributed by atoms with E-state index in [-0.39, 0.29) is 0 Å². The first-order valence-corrected chi connectivity index (χ1v) is 6.24. The highest BCUT2D eigenvalue weighted by atomic mass is 14.9. The van der Waals surface area contributed by atoms with Gasteiger partial charge in [0, 0.05) is 6.42 Å². The number of hydrogen-bond donors (Lipinski definition) is 1. The fourth-order valence-corrected chi connectivity index (χ4v) is 2.72. The predicted octanol–water partition coefficient (Wildman–Crippen LogP) is 3.17. The summed E-state index contributed by atoms with van der Waals surface area (Å²) in [5, 5.41) is 8.85. The summed E-state index contributed by atoms with van der Waals surface area (Å²) in [6.07, 6.45) is 6.45. The molecule has 1 aliphatic rings. The quantitative estimate of drug-likeness (QED) is 0.853. The number of hydrogen-bond acceptors (Lipinski definition) is 2. The van der Waals surface area contributed by atoms with Crippen molar-refractivity contribution in [2.45, 2.75) is 32.1 Å². The predicted molar refractivity (Wildman–Crippen MR) is 66.5 cm³/mol. The Morgan fingerprint density at radius 1 is 1.35 bits per heavy atom. The molecule has 0 saturated heterocycles. The molecule has 0 unspecified atom stereocenters. The van der Waals surface area contributed by atoms with Crippen LogP contribution in [0.4, 0.5) is 0 Å². The number of benzene rings is 1. The Labute approximate surface area is 100 Å². The lowest BCUT2D eigenvalue weighted by Gasteiger charge is -2.04. The monoisotopic (exact) mass is 225 g/mol. The van der Waals surface area contributed by atoms with Crippen LogP contribution in [0.15, 0.2) is 18.2 Å². The van der Waals surface area contributed by atoms with E-state index in [1.165, 1.54) is 25.7 Å². The number of fused-ring (bicyclic) bond motifs is 1. The van der Waals surface area contributed by atoms with Crippen molar-refractivity contribution < 1.29 is 0 Å². The average molecular weight is 225 g/mol. The van der Waals surface area contributed by atoms with Crippen LogP contribution in [0.5, 0.6) is 0 Å². The first-order chi connectivity index (χ1) is 8.35. The smallest absolute Gasteiger partial charge is 0.107 e. The first-order valence-electron chi connectivity index (χ1n) is 6.24. The Hall–Kier alpha value is -1.82. The third kappa shape index (κ3) is 2.03. The van der Waals surface area contributed by atoms with Gasteiger partial charge in [-0.15, -0.1) is 0 Å². The zero-order valence-corrected chi connectivity index (χ0v) is 9.74. The number of rotatable bonds is 2. The van der Waals surface area contributed by atoms with Gasteiger partial charge in [0.15, 0.2) is 0 Å². The molecule has 0 spiro atoms. The maximum Gasteiger partial charge on any atom is 0.107 e. The zero-order valence-electron chi connectivity index (χ0n) is 9.74. The molecule has 0 radical (unpaired) electrons. The van der Waals surface area contributed by atoms with Crippen molar-refractivity contribution in [2.24, 2.45) is 5.92 Å². The molecule has 1 heterocycles. The molecule has 1 fully saturated rings. The lowest BCUT2D eigenvalue weighted by Crippen LogP contribution is -2.00. The second-order valence-corrected chi connectivity index (χ2v) is 4.88. The number of aromatic amines is 1. The van der Waals surface area contributed by atoms with Gasteiger partial charge in [0.05, 0.1) is 22.7 Å².